The molecule has 0 amide bonds. The number of nitrogens with zero attached hydrogens (tertiary/aromatic N) is 4. The molecule has 0 bridgehead atoms. The quantitative estimate of drug-likeness (QED) is 0.812. The van der Waals surface area contributed by atoms with E-state index < -0.39 is 0 Å². The lowest BCUT2D eigenvalue weighted by Gasteiger charge is -2.21. The van der Waals surface area contributed by atoms with Crippen molar-refractivity contribution in [3.8, 4) is 6.07 Å². The molecule has 0 atom stereocenters. The standard InChI is InChI=1S/C16H18N4O/c17-8-3-9-19(11-13-6-7-13)12-20-16(21)15-5-2-1-4-14(15)10-18-20/h1-2,4-5,10,13H,3,6-7,9,11-12H2. The van der Waals surface area contributed by atoms with Crippen molar-refractivity contribution in [1.82, 2.24) is 14.7 Å². The predicted molar refractivity (Wildman–Crippen MR) is 80.5 cm³/mol. The molecular formula is C16H18N4O. The topological polar surface area (TPSA) is 61.9 Å². The minimum Gasteiger partial charge on any atom is -0.283 e. The van der Waals surface area contributed by atoms with Gasteiger partial charge in [0.15, 0.2) is 0 Å². The van der Waals surface area contributed by atoms with Crippen LogP contribution in [0.25, 0.3) is 10.8 Å². The van der Waals surface area contributed by atoms with Crippen molar-refractivity contribution in [2.75, 3.05) is 13.1 Å². The average Bonchev–Trinajstić information content (AvgIpc) is 3.32. The molecule has 0 unspecified atom stereocenters. The van der Waals surface area contributed by atoms with E-state index in [2.05, 4.69) is 16.1 Å². The molecule has 0 aliphatic heterocycles. The summed E-state index contributed by atoms with van der Waals surface area (Å²) in [6, 6.07) is 9.67. The molecule has 21 heavy (non-hydrogen) atoms. The monoisotopic (exact) mass is 282 g/mol. The molecule has 1 aliphatic rings. The second kappa shape index (κ2) is 6.06. The zero-order valence-electron chi connectivity index (χ0n) is 11.9. The van der Waals surface area contributed by atoms with E-state index in [0.29, 0.717) is 25.0 Å². The number of aromatic nitrogens is 2. The Kier molecular flexibility index (Phi) is 3.98. The summed E-state index contributed by atoms with van der Waals surface area (Å²) in [7, 11) is 0. The summed E-state index contributed by atoms with van der Waals surface area (Å²) in [6.07, 6.45) is 4.72. The number of rotatable bonds is 6. The van der Waals surface area contributed by atoms with Crippen molar-refractivity contribution < 1.29 is 0 Å². The molecule has 0 saturated heterocycles. The maximum absolute atomic E-state index is 12.4. The van der Waals surface area contributed by atoms with Crippen LogP contribution in [0.15, 0.2) is 35.3 Å². The molecular weight excluding hydrogens is 264 g/mol. The van der Waals surface area contributed by atoms with E-state index in [-0.39, 0.29) is 5.56 Å². The Morgan fingerprint density at radius 2 is 2.19 bits per heavy atom. The van der Waals surface area contributed by atoms with Crippen molar-refractivity contribution in [3.05, 3.63) is 40.8 Å². The number of nitriles is 1. The van der Waals surface area contributed by atoms with Crippen molar-refractivity contribution in [3.63, 3.8) is 0 Å². The Morgan fingerprint density at radius 1 is 1.38 bits per heavy atom. The van der Waals surface area contributed by atoms with E-state index in [4.69, 9.17) is 5.26 Å². The highest BCUT2D eigenvalue weighted by Crippen LogP contribution is 2.29. The lowest BCUT2D eigenvalue weighted by molar-refractivity contribution is 0.199. The van der Waals surface area contributed by atoms with E-state index in [9.17, 15) is 4.79 Å². The van der Waals surface area contributed by atoms with E-state index >= 15 is 0 Å². The fourth-order valence-electron chi connectivity index (χ4n) is 2.51. The Morgan fingerprint density at radius 3 is 2.95 bits per heavy atom. The maximum atomic E-state index is 12.4. The van der Waals surface area contributed by atoms with Crippen LogP contribution in [0.4, 0.5) is 0 Å². The van der Waals surface area contributed by atoms with Crippen LogP contribution in [0.5, 0.6) is 0 Å². The fourth-order valence-corrected chi connectivity index (χ4v) is 2.51. The molecule has 1 aliphatic carbocycles. The van der Waals surface area contributed by atoms with E-state index in [0.717, 1.165) is 17.8 Å². The summed E-state index contributed by atoms with van der Waals surface area (Å²) in [6.45, 7) is 2.10. The van der Waals surface area contributed by atoms with Gasteiger partial charge >= 0.3 is 0 Å². The molecule has 1 saturated carbocycles. The van der Waals surface area contributed by atoms with Gasteiger partial charge in [-0.05, 0) is 24.8 Å². The van der Waals surface area contributed by atoms with Crippen molar-refractivity contribution >= 4 is 10.8 Å². The van der Waals surface area contributed by atoms with Crippen molar-refractivity contribution in [2.24, 2.45) is 5.92 Å². The molecule has 5 nitrogen and oxygen atoms in total. The molecule has 108 valence electrons. The van der Waals surface area contributed by atoms with Gasteiger partial charge in [-0.1, -0.05) is 18.2 Å². The SMILES string of the molecule is N#CCCN(CC1CC1)Cn1ncc2ccccc2c1=O. The highest BCUT2D eigenvalue weighted by molar-refractivity contribution is 5.80. The number of hydrogen-bond acceptors (Lipinski definition) is 4. The summed E-state index contributed by atoms with van der Waals surface area (Å²) in [5.74, 6) is 0.722. The predicted octanol–water partition coefficient (Wildman–Crippen LogP) is 1.98. The Labute approximate surface area is 123 Å². The van der Waals surface area contributed by atoms with Crippen LogP contribution in [0.1, 0.15) is 19.3 Å². The third-order valence-electron chi connectivity index (χ3n) is 3.85. The Hall–Kier alpha value is -2.19. The molecule has 1 heterocycles. The Balaban J connectivity index is 1.82. The summed E-state index contributed by atoms with van der Waals surface area (Å²) in [5.41, 5.74) is -0.0640. The molecule has 1 fully saturated rings. The van der Waals surface area contributed by atoms with E-state index in [1.165, 1.54) is 17.5 Å². The molecule has 0 radical (unpaired) electrons. The highest BCUT2D eigenvalue weighted by atomic mass is 16.1. The first kappa shape index (κ1) is 13.8. The number of hydrogen-bond donors (Lipinski definition) is 0. The van der Waals surface area contributed by atoms with Gasteiger partial charge in [0.25, 0.3) is 5.56 Å². The molecule has 1 aromatic carbocycles. The van der Waals surface area contributed by atoms with Gasteiger partial charge in [0.1, 0.15) is 0 Å². The second-order valence-electron chi connectivity index (χ2n) is 5.61. The first-order valence-electron chi connectivity index (χ1n) is 7.32. The zero-order valence-corrected chi connectivity index (χ0v) is 11.9. The van der Waals surface area contributed by atoms with E-state index in [1.807, 2.05) is 24.3 Å². The lowest BCUT2D eigenvalue weighted by atomic mass is 10.2. The molecule has 0 N–H and O–H groups in total. The van der Waals surface area contributed by atoms with Crippen LogP contribution in [0.3, 0.4) is 0 Å². The Bertz CT molecular complexity index is 727. The van der Waals surface area contributed by atoms with Gasteiger partial charge in [-0.3, -0.25) is 9.69 Å². The third-order valence-corrected chi connectivity index (χ3v) is 3.85. The smallest absolute Gasteiger partial charge is 0.275 e. The van der Waals surface area contributed by atoms with Crippen LogP contribution in [-0.4, -0.2) is 27.8 Å². The summed E-state index contributed by atoms with van der Waals surface area (Å²) in [5, 5.41) is 14.6. The summed E-state index contributed by atoms with van der Waals surface area (Å²) in [4.78, 5) is 14.6. The van der Waals surface area contributed by atoms with Crippen LogP contribution in [0, 0.1) is 17.2 Å². The summed E-state index contributed by atoms with van der Waals surface area (Å²) >= 11 is 0. The first-order valence-corrected chi connectivity index (χ1v) is 7.32. The van der Waals surface area contributed by atoms with Crippen molar-refractivity contribution in [2.45, 2.75) is 25.9 Å². The van der Waals surface area contributed by atoms with Gasteiger partial charge in [0, 0.05) is 24.9 Å². The van der Waals surface area contributed by atoms with Gasteiger partial charge < -0.3 is 0 Å². The molecule has 3 rings (SSSR count). The van der Waals surface area contributed by atoms with Gasteiger partial charge in [0.2, 0.25) is 0 Å². The van der Waals surface area contributed by atoms with Gasteiger partial charge in [-0.2, -0.15) is 10.4 Å². The molecule has 0 spiro atoms. The van der Waals surface area contributed by atoms with Crippen LogP contribution in [-0.2, 0) is 6.67 Å². The molecule has 5 heteroatoms. The normalized spacial score (nSPS) is 14.5. The van der Waals surface area contributed by atoms with Gasteiger partial charge in [-0.15, -0.1) is 0 Å². The van der Waals surface area contributed by atoms with Crippen LogP contribution in [0.2, 0.25) is 0 Å². The third kappa shape index (κ3) is 3.29. The maximum Gasteiger partial charge on any atom is 0.275 e. The largest absolute Gasteiger partial charge is 0.283 e. The minimum atomic E-state index is -0.0640. The fraction of sp³-hybridized carbons (Fsp3) is 0.438. The minimum absolute atomic E-state index is 0.0640. The van der Waals surface area contributed by atoms with Crippen LogP contribution >= 0.6 is 0 Å². The van der Waals surface area contributed by atoms with Gasteiger partial charge in [0.05, 0.1) is 24.3 Å². The zero-order chi connectivity index (χ0) is 14.7. The summed E-state index contributed by atoms with van der Waals surface area (Å²) < 4.78 is 1.50. The number of fused-ring (bicyclic) bond motifs is 1. The highest BCUT2D eigenvalue weighted by Gasteiger charge is 2.24. The average molecular weight is 282 g/mol. The second-order valence-corrected chi connectivity index (χ2v) is 5.61. The number of benzene rings is 1. The lowest BCUT2D eigenvalue weighted by Crippen LogP contribution is -2.35. The van der Waals surface area contributed by atoms with Gasteiger partial charge in [-0.25, -0.2) is 4.68 Å². The van der Waals surface area contributed by atoms with E-state index in [1.54, 1.807) is 6.20 Å². The first-order chi connectivity index (χ1) is 10.3. The molecule has 1 aromatic heterocycles. The molecule has 2 aromatic rings. The van der Waals surface area contributed by atoms with Crippen molar-refractivity contribution in [1.29, 1.82) is 5.26 Å². The van der Waals surface area contributed by atoms with Crippen LogP contribution < -0.4 is 5.56 Å².